The van der Waals surface area contributed by atoms with E-state index >= 15 is 0 Å². The Kier molecular flexibility index (Phi) is 5.54. The lowest BCUT2D eigenvalue weighted by atomic mass is 10.1. The summed E-state index contributed by atoms with van der Waals surface area (Å²) in [7, 11) is 0. The molecule has 1 saturated heterocycles. The molecule has 3 nitrogen and oxygen atoms in total. The van der Waals surface area contributed by atoms with Gasteiger partial charge in [0.25, 0.3) is 0 Å². The third-order valence-electron chi connectivity index (χ3n) is 5.27. The summed E-state index contributed by atoms with van der Waals surface area (Å²) < 4.78 is 4.81. The second kappa shape index (κ2) is 7.70. The van der Waals surface area contributed by atoms with Crippen LogP contribution in [0.1, 0.15) is 19.3 Å². The van der Waals surface area contributed by atoms with Crippen molar-refractivity contribution in [3.63, 3.8) is 0 Å². The predicted octanol–water partition coefficient (Wildman–Crippen LogP) is 3.43. The molecule has 1 fully saturated rings. The molecule has 2 aromatic carbocycles. The van der Waals surface area contributed by atoms with Crippen LogP contribution in [0.15, 0.2) is 36.4 Å². The van der Waals surface area contributed by atoms with Crippen molar-refractivity contribution >= 4 is 67.0 Å². The Morgan fingerprint density at radius 3 is 2.04 bits per heavy atom. The number of quaternary nitrogens is 1. The quantitative estimate of drug-likeness (QED) is 0.471. The lowest BCUT2D eigenvalue weighted by Crippen LogP contribution is -3.13. The molecule has 0 spiro atoms. The van der Waals surface area contributed by atoms with Gasteiger partial charge in [0.15, 0.2) is 0 Å². The van der Waals surface area contributed by atoms with Gasteiger partial charge in [0.1, 0.15) is 12.6 Å². The number of nitrogens with zero attached hydrogens (tertiary/aromatic N) is 1. The normalized spacial score (nSPS) is 17.4. The van der Waals surface area contributed by atoms with Gasteiger partial charge in [-0.3, -0.25) is 0 Å². The molecule has 2 heterocycles. The van der Waals surface area contributed by atoms with E-state index in [0.29, 0.717) is 6.54 Å². The van der Waals surface area contributed by atoms with E-state index in [2.05, 4.69) is 86.1 Å². The van der Waals surface area contributed by atoms with E-state index in [9.17, 15) is 5.11 Å². The van der Waals surface area contributed by atoms with Crippen LogP contribution in [0, 0.1) is 7.14 Å². The van der Waals surface area contributed by atoms with Crippen LogP contribution in [-0.2, 0) is 6.54 Å². The third kappa shape index (κ3) is 3.84. The smallest absolute Gasteiger partial charge is 0.121 e. The molecular weight excluding hydrogens is 538 g/mol. The molecular formula is C20H23I2N2O+. The van der Waals surface area contributed by atoms with Gasteiger partial charge < -0.3 is 14.6 Å². The number of halogens is 2. The molecule has 132 valence electrons. The van der Waals surface area contributed by atoms with Crippen molar-refractivity contribution in [1.82, 2.24) is 4.57 Å². The van der Waals surface area contributed by atoms with E-state index in [1.165, 1.54) is 61.3 Å². The predicted molar refractivity (Wildman–Crippen MR) is 120 cm³/mol. The maximum Gasteiger partial charge on any atom is 0.121 e. The molecule has 0 aliphatic carbocycles. The topological polar surface area (TPSA) is 29.6 Å². The van der Waals surface area contributed by atoms with Gasteiger partial charge >= 0.3 is 0 Å². The molecule has 0 unspecified atom stereocenters. The van der Waals surface area contributed by atoms with Gasteiger partial charge in [0.2, 0.25) is 0 Å². The summed E-state index contributed by atoms with van der Waals surface area (Å²) in [5, 5.41) is 13.3. The zero-order valence-electron chi connectivity index (χ0n) is 14.1. The second-order valence-corrected chi connectivity index (χ2v) is 9.59. The molecule has 1 aliphatic rings. The number of piperidine rings is 1. The van der Waals surface area contributed by atoms with Crippen molar-refractivity contribution < 1.29 is 10.0 Å². The SMILES string of the molecule is O[C@H](Cn1c2ccc(I)cc2c2cc(I)ccc21)C[NH+]1CCCCC1. The molecule has 2 N–H and O–H groups in total. The average Bonchev–Trinajstić information content (AvgIpc) is 2.88. The summed E-state index contributed by atoms with van der Waals surface area (Å²) in [5.74, 6) is 0. The number of hydrogen-bond donors (Lipinski definition) is 2. The van der Waals surface area contributed by atoms with Gasteiger partial charge in [-0.15, -0.1) is 0 Å². The van der Waals surface area contributed by atoms with E-state index < -0.39 is 0 Å². The molecule has 1 atom stereocenters. The minimum Gasteiger partial charge on any atom is -0.385 e. The highest BCUT2D eigenvalue weighted by molar-refractivity contribution is 14.1. The Balaban J connectivity index is 1.69. The molecule has 0 bridgehead atoms. The number of aromatic nitrogens is 1. The molecule has 1 aliphatic heterocycles. The average molecular weight is 561 g/mol. The van der Waals surface area contributed by atoms with E-state index in [1.54, 1.807) is 4.90 Å². The molecule has 3 aromatic rings. The Labute approximate surface area is 175 Å². The molecule has 1 aromatic heterocycles. The van der Waals surface area contributed by atoms with Crippen molar-refractivity contribution in [1.29, 1.82) is 0 Å². The molecule has 0 saturated carbocycles. The number of hydrogen-bond acceptors (Lipinski definition) is 1. The Hall–Kier alpha value is -0.380. The number of nitrogens with one attached hydrogen (secondary N) is 1. The highest BCUT2D eigenvalue weighted by atomic mass is 127. The number of aliphatic hydroxyl groups is 1. The van der Waals surface area contributed by atoms with Crippen molar-refractivity contribution in [3.8, 4) is 0 Å². The van der Waals surface area contributed by atoms with Crippen LogP contribution in [0.5, 0.6) is 0 Å². The van der Waals surface area contributed by atoms with Crippen molar-refractivity contribution in [2.75, 3.05) is 19.6 Å². The molecule has 5 heteroatoms. The number of benzene rings is 2. The zero-order chi connectivity index (χ0) is 17.4. The minimum atomic E-state index is -0.301. The first-order chi connectivity index (χ1) is 12.1. The van der Waals surface area contributed by atoms with Crippen LogP contribution in [0.3, 0.4) is 0 Å². The summed E-state index contributed by atoms with van der Waals surface area (Å²) in [6.45, 7) is 3.95. The van der Waals surface area contributed by atoms with Crippen LogP contribution >= 0.6 is 45.2 Å². The van der Waals surface area contributed by atoms with Gasteiger partial charge in [-0.25, -0.2) is 0 Å². The Bertz CT molecular complexity index is 840. The summed E-state index contributed by atoms with van der Waals surface area (Å²) in [6, 6.07) is 13.2. The lowest BCUT2D eigenvalue weighted by molar-refractivity contribution is -0.908. The standard InChI is InChI=1S/C20H22I2N2O/c21-14-4-6-19-17(10-14)18-11-15(22)5-7-20(18)24(19)13-16(25)12-23-8-2-1-3-9-23/h4-7,10-11,16,25H,1-3,8-9,12-13H2/p+1/t16-/m0/s1. The maximum absolute atomic E-state index is 10.8. The van der Waals surface area contributed by atoms with Gasteiger partial charge in [0, 0.05) is 28.9 Å². The Morgan fingerprint density at radius 1 is 0.920 bits per heavy atom. The summed E-state index contributed by atoms with van der Waals surface area (Å²) >= 11 is 4.75. The Morgan fingerprint density at radius 2 is 1.48 bits per heavy atom. The first-order valence-electron chi connectivity index (χ1n) is 9.00. The van der Waals surface area contributed by atoms with Crippen LogP contribution in [0.25, 0.3) is 21.8 Å². The van der Waals surface area contributed by atoms with E-state index in [1.807, 2.05) is 0 Å². The highest BCUT2D eigenvalue weighted by Gasteiger charge is 2.20. The fourth-order valence-electron chi connectivity index (χ4n) is 4.11. The number of likely N-dealkylation sites (tertiary alicyclic amines) is 1. The highest BCUT2D eigenvalue weighted by Crippen LogP contribution is 2.31. The summed E-state index contributed by atoms with van der Waals surface area (Å²) in [5.41, 5.74) is 2.45. The maximum atomic E-state index is 10.8. The second-order valence-electron chi connectivity index (χ2n) is 7.10. The number of aliphatic hydroxyl groups excluding tert-OH is 1. The lowest BCUT2D eigenvalue weighted by Gasteiger charge is -2.26. The van der Waals surface area contributed by atoms with Crippen LogP contribution in [0.4, 0.5) is 0 Å². The molecule has 25 heavy (non-hydrogen) atoms. The number of rotatable bonds is 4. The van der Waals surface area contributed by atoms with Gasteiger partial charge in [-0.2, -0.15) is 0 Å². The van der Waals surface area contributed by atoms with Gasteiger partial charge in [-0.1, -0.05) is 0 Å². The van der Waals surface area contributed by atoms with Crippen LogP contribution < -0.4 is 4.90 Å². The fraction of sp³-hybridized carbons (Fsp3) is 0.400. The van der Waals surface area contributed by atoms with Crippen LogP contribution in [0.2, 0.25) is 0 Å². The molecule has 4 rings (SSSR count). The van der Waals surface area contributed by atoms with Crippen molar-refractivity contribution in [2.45, 2.75) is 31.9 Å². The van der Waals surface area contributed by atoms with E-state index in [0.717, 1.165) is 6.54 Å². The first-order valence-corrected chi connectivity index (χ1v) is 11.2. The zero-order valence-corrected chi connectivity index (χ0v) is 18.5. The van der Waals surface area contributed by atoms with Crippen LogP contribution in [-0.4, -0.2) is 35.4 Å². The monoisotopic (exact) mass is 561 g/mol. The van der Waals surface area contributed by atoms with Gasteiger partial charge in [0.05, 0.1) is 19.6 Å². The third-order valence-corrected chi connectivity index (χ3v) is 6.61. The summed E-state index contributed by atoms with van der Waals surface area (Å²) in [4.78, 5) is 1.56. The van der Waals surface area contributed by atoms with E-state index in [4.69, 9.17) is 0 Å². The molecule has 0 radical (unpaired) electrons. The minimum absolute atomic E-state index is 0.301. The van der Waals surface area contributed by atoms with Crippen molar-refractivity contribution in [2.24, 2.45) is 0 Å². The first kappa shape index (κ1) is 18.0. The number of fused-ring (bicyclic) bond motifs is 3. The van der Waals surface area contributed by atoms with Crippen molar-refractivity contribution in [3.05, 3.63) is 43.5 Å². The summed E-state index contributed by atoms with van der Waals surface area (Å²) in [6.07, 6.45) is 3.65. The van der Waals surface area contributed by atoms with E-state index in [-0.39, 0.29) is 6.10 Å². The van der Waals surface area contributed by atoms with Gasteiger partial charge in [-0.05, 0) is 101 Å². The molecule has 0 amide bonds. The fourth-order valence-corrected chi connectivity index (χ4v) is 5.09. The largest absolute Gasteiger partial charge is 0.385 e.